The topological polar surface area (TPSA) is 99.6 Å². The highest BCUT2D eigenvalue weighted by molar-refractivity contribution is 5.92. The molecule has 0 atom stereocenters. The van der Waals surface area contributed by atoms with E-state index >= 15 is 0 Å². The van der Waals surface area contributed by atoms with Gasteiger partial charge >= 0.3 is 11.8 Å². The van der Waals surface area contributed by atoms with Crippen LogP contribution in [0.25, 0.3) is 11.0 Å². The van der Waals surface area contributed by atoms with Crippen LogP contribution in [0.15, 0.2) is 47.3 Å². The molecular weight excluding hydrogens is 364 g/mol. The third-order valence-corrected chi connectivity index (χ3v) is 4.50. The number of carbonyl (C=O) groups excluding carboxylic acids is 1. The summed E-state index contributed by atoms with van der Waals surface area (Å²) in [6.45, 7) is 3.68. The van der Waals surface area contributed by atoms with E-state index in [0.717, 1.165) is 5.52 Å². The molecule has 2 aromatic carbocycles. The minimum absolute atomic E-state index is 0.0871. The van der Waals surface area contributed by atoms with Crippen LogP contribution >= 0.6 is 0 Å². The second kappa shape index (κ2) is 7.18. The molecule has 0 saturated heterocycles. The van der Waals surface area contributed by atoms with Crippen molar-refractivity contribution in [1.29, 1.82) is 0 Å². The zero-order valence-electron chi connectivity index (χ0n) is 15.9. The van der Waals surface area contributed by atoms with Crippen molar-refractivity contribution >= 4 is 28.5 Å². The van der Waals surface area contributed by atoms with Crippen LogP contribution in [0.4, 0.5) is 16.2 Å². The Kier molecular flexibility index (Phi) is 4.91. The summed E-state index contributed by atoms with van der Waals surface area (Å²) >= 11 is 0. The highest BCUT2D eigenvalue weighted by Gasteiger charge is 2.23. The summed E-state index contributed by atoms with van der Waals surface area (Å²) in [4.78, 5) is 36.6. The number of nitro groups is 1. The van der Waals surface area contributed by atoms with Gasteiger partial charge in [-0.25, -0.2) is 9.59 Å². The molecule has 0 bridgehead atoms. The zero-order chi connectivity index (χ0) is 20.6. The third kappa shape index (κ3) is 3.34. The highest BCUT2D eigenvalue weighted by atomic mass is 16.6. The van der Waals surface area contributed by atoms with Crippen molar-refractivity contribution in [2.75, 3.05) is 4.90 Å². The van der Waals surface area contributed by atoms with Crippen LogP contribution in [0.3, 0.4) is 0 Å². The van der Waals surface area contributed by atoms with Gasteiger partial charge in [-0.15, -0.1) is 0 Å². The van der Waals surface area contributed by atoms with Gasteiger partial charge in [-0.1, -0.05) is 0 Å². The Hall–Kier alpha value is -3.62. The fourth-order valence-electron chi connectivity index (χ4n) is 3.05. The van der Waals surface area contributed by atoms with Crippen molar-refractivity contribution in [3.63, 3.8) is 0 Å². The average Bonchev–Trinajstić information content (AvgIpc) is 2.86. The Morgan fingerprint density at radius 2 is 1.68 bits per heavy atom. The van der Waals surface area contributed by atoms with Crippen molar-refractivity contribution in [1.82, 2.24) is 9.13 Å². The zero-order valence-corrected chi connectivity index (χ0v) is 15.9. The molecule has 0 unspecified atom stereocenters. The molecule has 0 radical (unpaired) electrons. The first-order chi connectivity index (χ1) is 13.2. The number of hydrogen-bond donors (Lipinski definition) is 0. The first-order valence-electron chi connectivity index (χ1n) is 8.61. The molecule has 0 saturated carbocycles. The largest absolute Gasteiger partial charge is 0.419 e. The SMILES string of the molecule is CC(C)N(C(=O)Oc1ccc([N+](=O)[O-])cc1)c1ccc2c(c1)n(C)c(=O)n2C. The van der Waals surface area contributed by atoms with Crippen LogP contribution in [-0.2, 0) is 14.1 Å². The van der Waals surface area contributed by atoms with E-state index in [-0.39, 0.29) is 23.2 Å². The summed E-state index contributed by atoms with van der Waals surface area (Å²) in [6, 6.07) is 10.4. The number of nitrogens with zero attached hydrogens (tertiary/aromatic N) is 4. The number of hydrogen-bond acceptors (Lipinski definition) is 5. The molecule has 146 valence electrons. The van der Waals surface area contributed by atoms with Crippen LogP contribution in [0.5, 0.6) is 5.75 Å². The first kappa shape index (κ1) is 19.2. The minimum Gasteiger partial charge on any atom is -0.410 e. The van der Waals surface area contributed by atoms with Crippen molar-refractivity contribution in [2.45, 2.75) is 19.9 Å². The summed E-state index contributed by atoms with van der Waals surface area (Å²) < 4.78 is 8.44. The van der Waals surface area contributed by atoms with Crippen LogP contribution in [-0.4, -0.2) is 26.2 Å². The Morgan fingerprint density at radius 3 is 2.25 bits per heavy atom. The van der Waals surface area contributed by atoms with E-state index in [0.29, 0.717) is 11.2 Å². The number of aryl methyl sites for hydroxylation is 2. The predicted molar refractivity (Wildman–Crippen MR) is 105 cm³/mol. The van der Waals surface area contributed by atoms with Crippen LogP contribution < -0.4 is 15.3 Å². The molecule has 1 amide bonds. The van der Waals surface area contributed by atoms with Gasteiger partial charge in [-0.3, -0.25) is 24.1 Å². The third-order valence-electron chi connectivity index (χ3n) is 4.50. The van der Waals surface area contributed by atoms with Gasteiger partial charge in [0.1, 0.15) is 5.75 Å². The lowest BCUT2D eigenvalue weighted by Crippen LogP contribution is -2.39. The molecule has 1 aromatic heterocycles. The Morgan fingerprint density at radius 1 is 1.07 bits per heavy atom. The second-order valence-electron chi connectivity index (χ2n) is 6.66. The number of nitro benzene ring substituents is 1. The lowest BCUT2D eigenvalue weighted by Gasteiger charge is -2.26. The first-order valence-corrected chi connectivity index (χ1v) is 8.61. The van der Waals surface area contributed by atoms with Crippen LogP contribution in [0.2, 0.25) is 0 Å². The van der Waals surface area contributed by atoms with Gasteiger partial charge in [0.25, 0.3) is 5.69 Å². The molecule has 0 fully saturated rings. The molecule has 0 aliphatic heterocycles. The number of non-ortho nitro benzene ring substituents is 1. The normalized spacial score (nSPS) is 11.0. The maximum absolute atomic E-state index is 12.8. The van der Waals surface area contributed by atoms with Gasteiger partial charge in [-0.2, -0.15) is 0 Å². The maximum Gasteiger partial charge on any atom is 0.419 e. The van der Waals surface area contributed by atoms with Gasteiger partial charge in [0.05, 0.1) is 16.0 Å². The van der Waals surface area contributed by atoms with Crippen molar-refractivity contribution in [3.05, 3.63) is 63.1 Å². The number of rotatable bonds is 4. The molecule has 0 N–H and O–H groups in total. The number of aromatic nitrogens is 2. The Bertz CT molecular complexity index is 1110. The number of amides is 1. The molecule has 28 heavy (non-hydrogen) atoms. The van der Waals surface area contributed by atoms with Gasteiger partial charge in [-0.05, 0) is 44.2 Å². The number of benzene rings is 2. The number of imidazole rings is 1. The van der Waals surface area contributed by atoms with E-state index < -0.39 is 11.0 Å². The predicted octanol–water partition coefficient (Wildman–Crippen LogP) is 3.20. The average molecular weight is 384 g/mol. The van der Waals surface area contributed by atoms with Crippen LogP contribution in [0, 0.1) is 10.1 Å². The summed E-state index contributed by atoms with van der Waals surface area (Å²) in [7, 11) is 3.36. The summed E-state index contributed by atoms with van der Waals surface area (Å²) in [5.74, 6) is 0.203. The molecule has 3 rings (SSSR count). The van der Waals surface area contributed by atoms with E-state index in [2.05, 4.69) is 0 Å². The highest BCUT2D eigenvalue weighted by Crippen LogP contribution is 2.25. The van der Waals surface area contributed by atoms with Crippen molar-refractivity contribution < 1.29 is 14.5 Å². The maximum atomic E-state index is 12.8. The van der Waals surface area contributed by atoms with Crippen molar-refractivity contribution in [2.24, 2.45) is 14.1 Å². The Balaban J connectivity index is 1.93. The van der Waals surface area contributed by atoms with E-state index in [1.54, 1.807) is 32.3 Å². The number of anilines is 1. The molecule has 1 heterocycles. The van der Waals surface area contributed by atoms with Gasteiger partial charge in [0.15, 0.2) is 0 Å². The monoisotopic (exact) mass is 384 g/mol. The summed E-state index contributed by atoms with van der Waals surface area (Å²) in [5.41, 5.74) is 1.78. The van der Waals surface area contributed by atoms with E-state index in [1.165, 1.54) is 38.3 Å². The molecule has 0 aliphatic rings. The lowest BCUT2D eigenvalue weighted by molar-refractivity contribution is -0.384. The van der Waals surface area contributed by atoms with Gasteiger partial charge in [0.2, 0.25) is 0 Å². The molecule has 0 spiro atoms. The second-order valence-corrected chi connectivity index (χ2v) is 6.66. The molecular formula is C19H20N4O5. The summed E-state index contributed by atoms with van der Waals surface area (Å²) in [5, 5.41) is 10.7. The fraction of sp³-hybridized carbons (Fsp3) is 0.263. The number of carbonyl (C=O) groups is 1. The van der Waals surface area contributed by atoms with E-state index in [9.17, 15) is 19.7 Å². The van der Waals surface area contributed by atoms with E-state index in [1.807, 2.05) is 13.8 Å². The fourth-order valence-corrected chi connectivity index (χ4v) is 3.05. The number of fused-ring (bicyclic) bond motifs is 1. The Labute approximate surface area is 160 Å². The molecule has 3 aromatic rings. The van der Waals surface area contributed by atoms with Gasteiger partial charge in [0, 0.05) is 38.0 Å². The summed E-state index contributed by atoms with van der Waals surface area (Å²) in [6.07, 6.45) is -0.621. The quantitative estimate of drug-likeness (QED) is 0.508. The smallest absolute Gasteiger partial charge is 0.410 e. The standard InChI is InChI=1S/C19H20N4O5/c1-12(2)22(19(25)28-15-8-5-13(6-9-15)23(26)27)14-7-10-16-17(11-14)21(4)18(24)20(16)3/h5-12H,1-4H3. The number of ether oxygens (including phenoxy) is 1. The van der Waals surface area contributed by atoms with E-state index in [4.69, 9.17) is 4.74 Å². The molecule has 9 nitrogen and oxygen atoms in total. The molecule has 0 aliphatic carbocycles. The van der Waals surface area contributed by atoms with Crippen LogP contribution in [0.1, 0.15) is 13.8 Å². The minimum atomic E-state index is -0.621. The lowest BCUT2D eigenvalue weighted by atomic mass is 10.2. The van der Waals surface area contributed by atoms with Gasteiger partial charge < -0.3 is 4.74 Å². The molecule has 9 heteroatoms. The van der Waals surface area contributed by atoms with Crippen molar-refractivity contribution in [3.8, 4) is 5.75 Å².